The number of amides is 13. The summed E-state index contributed by atoms with van der Waals surface area (Å²) < 4.78 is 0. The first kappa shape index (κ1) is 77.8. The number of hydrogen-bond acceptors (Lipinski definition) is 15. The first-order valence-corrected chi connectivity index (χ1v) is 35.0. The van der Waals surface area contributed by atoms with Crippen molar-refractivity contribution in [2.24, 2.45) is 41.2 Å². The molecule has 5 heterocycles. The zero-order valence-corrected chi connectivity index (χ0v) is 58.7. The molecule has 15 atom stereocenters. The van der Waals surface area contributed by atoms with Crippen LogP contribution in [-0.4, -0.2) is 207 Å². The Bertz CT molecular complexity index is 3040. The first-order valence-electron chi connectivity index (χ1n) is 35.0. The average Bonchev–Trinajstić information content (AvgIpc) is 1.70. The van der Waals surface area contributed by atoms with Crippen molar-refractivity contribution < 1.29 is 67.4 Å². The van der Waals surface area contributed by atoms with E-state index >= 15 is 14.4 Å². The number of carbonyl (C=O) groups is 13. The van der Waals surface area contributed by atoms with Crippen molar-refractivity contribution >= 4 is 76.8 Å². The Labute approximate surface area is 570 Å². The van der Waals surface area contributed by atoms with Crippen LogP contribution < -0.4 is 53.6 Å². The number of nitrogens with one attached hydrogen (secondary N) is 9. The van der Waals surface area contributed by atoms with Gasteiger partial charge in [0.25, 0.3) is 5.91 Å². The Morgan fingerprint density at radius 1 is 0.598 bits per heavy atom. The van der Waals surface area contributed by atoms with E-state index in [1.54, 1.807) is 71.9 Å². The number of hydrogen-bond donors (Lipinski definition) is 11. The maximum absolute atomic E-state index is 15.5. The molecule has 97 heavy (non-hydrogen) atoms. The van der Waals surface area contributed by atoms with E-state index in [9.17, 15) is 53.1 Å². The van der Waals surface area contributed by atoms with E-state index < -0.39 is 185 Å². The largest absolute Gasteiger partial charge is 0.391 e. The lowest BCUT2D eigenvalue weighted by atomic mass is 9.95. The standard InChI is InChI=1S/C69H108N14O14/c1-13-40(10)55(64(92)74-46(58(86)72-35-53(70)85)32-43-22-17-16-18-23-43)78-61(89)50-25-19-27-80(50)67(95)48-34-71-57(42(12)15-3)69(97)83-36-44(84)33-52(83)62(90)77-54(39(8)9)63(91)79-56(41(11)14-2)65(93)75-47(31-38(6)7)66(94)82-29-21-26-51(82)68(96)81-28-20-24-49(81)60(88)73-45(30-37(4)5)59(87)76-48/h16-18,22-23,34,37-42,44-47,49-52,54-57,71,84H,13-15,19-21,24-33,35-36H2,1-12H3,(H2,70,85)(H,72,86)(H,73,88)(H,74,92)(H,75,93)(H,76,87)(H,77,90)(H,78,89)(H,79,91)/b48-34+/t40-,41+,42-,44+,45-,46-,47-,49-,50-,51-,52-,54-,55-,56-,57-/m0/s1. The molecule has 28 heteroatoms. The van der Waals surface area contributed by atoms with Crippen molar-refractivity contribution in [3.63, 3.8) is 0 Å². The molecular formula is C69H108N14O14. The van der Waals surface area contributed by atoms with E-state index in [0.29, 0.717) is 37.7 Å². The minimum atomic E-state index is -1.35. The summed E-state index contributed by atoms with van der Waals surface area (Å²) in [5.74, 6) is -11.8. The van der Waals surface area contributed by atoms with E-state index in [1.165, 1.54) is 19.6 Å². The number of benzene rings is 1. The molecule has 6 rings (SSSR count). The quantitative estimate of drug-likeness (QED) is 0.0798. The molecule has 0 spiro atoms. The molecule has 13 amide bonds. The van der Waals surface area contributed by atoms with Crippen LogP contribution in [0, 0.1) is 35.5 Å². The Balaban J connectivity index is 1.41. The first-order chi connectivity index (χ1) is 45.9. The monoisotopic (exact) mass is 1360 g/mol. The molecule has 28 nitrogen and oxygen atoms in total. The number of likely N-dealkylation sites (tertiary alicyclic amines) is 1. The molecule has 0 unspecified atom stereocenters. The highest BCUT2D eigenvalue weighted by atomic mass is 16.3. The average molecular weight is 1360 g/mol. The van der Waals surface area contributed by atoms with Gasteiger partial charge in [-0.1, -0.05) is 133 Å². The molecule has 4 saturated heterocycles. The molecule has 5 aliphatic heterocycles. The van der Waals surface area contributed by atoms with Gasteiger partial charge in [-0.25, -0.2) is 0 Å². The molecule has 0 saturated carbocycles. The number of rotatable bonds is 21. The normalized spacial score (nSPS) is 27.3. The number of aliphatic hydroxyl groups excluding tert-OH is 1. The minimum absolute atomic E-state index is 0.0143. The SMILES string of the molecule is CC[C@@H](C)[C@@H]1NC(=O)[C@H](C(C)C)NC(=O)[C@@H]2C[C@@H](O)CN2C(=O)[C@H]([C@@H](C)CC)N/C=C(\C(=O)N2CCC[C@H]2C(=O)N[C@H](C(=O)N[C@@H](Cc2ccccc2)C(=O)NCC(N)=O)[C@@H](C)CC)NC(=O)[C@H](CC(C)C)NC(=O)[C@@H]2CCCN2C(=O)[C@@H]2CCCN2C(=O)[C@H](CC(C)C)NC1=O. The van der Waals surface area contributed by atoms with Gasteiger partial charge in [-0.3, -0.25) is 62.3 Å². The topological polar surface area (TPSA) is 389 Å². The van der Waals surface area contributed by atoms with E-state index in [4.69, 9.17) is 5.73 Å². The van der Waals surface area contributed by atoms with E-state index in [-0.39, 0.29) is 89.4 Å². The molecule has 4 fully saturated rings. The van der Waals surface area contributed by atoms with E-state index in [1.807, 2.05) is 41.5 Å². The van der Waals surface area contributed by atoms with E-state index in [2.05, 4.69) is 47.9 Å². The molecule has 0 bridgehead atoms. The zero-order valence-electron chi connectivity index (χ0n) is 58.7. The molecule has 0 radical (unpaired) electrons. The van der Waals surface area contributed by atoms with Crippen molar-refractivity contribution in [2.45, 2.75) is 239 Å². The Morgan fingerprint density at radius 2 is 1.16 bits per heavy atom. The summed E-state index contributed by atoms with van der Waals surface area (Å²) in [4.78, 5) is 194. The van der Waals surface area contributed by atoms with Crippen molar-refractivity contribution in [1.29, 1.82) is 0 Å². The summed E-state index contributed by atoms with van der Waals surface area (Å²) in [5, 5.41) is 36.5. The van der Waals surface area contributed by atoms with Crippen molar-refractivity contribution in [1.82, 2.24) is 67.5 Å². The van der Waals surface area contributed by atoms with Crippen molar-refractivity contribution in [2.75, 3.05) is 32.7 Å². The van der Waals surface area contributed by atoms with Crippen molar-refractivity contribution in [3.05, 3.63) is 47.8 Å². The van der Waals surface area contributed by atoms with Crippen LogP contribution in [0.5, 0.6) is 0 Å². The fourth-order valence-corrected chi connectivity index (χ4v) is 13.4. The smallest absolute Gasteiger partial charge is 0.272 e. The number of aliphatic hydroxyl groups is 1. The van der Waals surface area contributed by atoms with Crippen LogP contribution in [0.2, 0.25) is 0 Å². The van der Waals surface area contributed by atoms with Gasteiger partial charge in [-0.05, 0) is 92.4 Å². The van der Waals surface area contributed by atoms with Crippen LogP contribution in [0.25, 0.3) is 0 Å². The van der Waals surface area contributed by atoms with Crippen LogP contribution in [0.3, 0.4) is 0 Å². The molecule has 5 aliphatic rings. The minimum Gasteiger partial charge on any atom is -0.391 e. The molecule has 538 valence electrons. The lowest BCUT2D eigenvalue weighted by Gasteiger charge is -2.34. The highest BCUT2D eigenvalue weighted by molar-refractivity contribution is 6.03. The van der Waals surface area contributed by atoms with Crippen LogP contribution in [0.1, 0.15) is 166 Å². The molecule has 1 aromatic carbocycles. The summed E-state index contributed by atoms with van der Waals surface area (Å²) in [5.41, 5.74) is 5.55. The Hall–Kier alpha value is -8.17. The molecule has 0 aliphatic carbocycles. The van der Waals surface area contributed by atoms with Gasteiger partial charge in [0.2, 0.25) is 70.9 Å². The summed E-state index contributed by atoms with van der Waals surface area (Å²) >= 11 is 0. The van der Waals surface area contributed by atoms with Gasteiger partial charge < -0.3 is 78.3 Å². The second-order valence-electron chi connectivity index (χ2n) is 28.3. The van der Waals surface area contributed by atoms with Gasteiger partial charge in [-0.15, -0.1) is 0 Å². The van der Waals surface area contributed by atoms with Crippen molar-refractivity contribution in [3.8, 4) is 0 Å². The van der Waals surface area contributed by atoms with Gasteiger partial charge >= 0.3 is 0 Å². The van der Waals surface area contributed by atoms with Crippen LogP contribution in [0.15, 0.2) is 42.2 Å². The lowest BCUT2D eigenvalue weighted by Crippen LogP contribution is -2.61. The lowest BCUT2D eigenvalue weighted by molar-refractivity contribution is -0.148. The maximum atomic E-state index is 15.5. The summed E-state index contributed by atoms with van der Waals surface area (Å²) in [6, 6.07) is -4.52. The summed E-state index contributed by atoms with van der Waals surface area (Å²) in [7, 11) is 0. The predicted molar refractivity (Wildman–Crippen MR) is 360 cm³/mol. The molecule has 0 aromatic heterocycles. The third-order valence-electron chi connectivity index (χ3n) is 19.6. The Morgan fingerprint density at radius 3 is 1.77 bits per heavy atom. The summed E-state index contributed by atoms with van der Waals surface area (Å²) in [6.45, 7) is 21.0. The predicted octanol–water partition coefficient (Wildman–Crippen LogP) is 0.490. The highest BCUT2D eigenvalue weighted by Gasteiger charge is 2.48. The van der Waals surface area contributed by atoms with Crippen LogP contribution in [-0.2, 0) is 68.7 Å². The second-order valence-corrected chi connectivity index (χ2v) is 28.3. The van der Waals surface area contributed by atoms with Gasteiger partial charge in [-0.2, -0.15) is 0 Å². The number of carbonyl (C=O) groups excluding carboxylic acids is 13. The second kappa shape index (κ2) is 35.9. The highest BCUT2D eigenvalue weighted by Crippen LogP contribution is 2.29. The molecular weight excluding hydrogens is 1250 g/mol. The van der Waals surface area contributed by atoms with Gasteiger partial charge in [0, 0.05) is 45.2 Å². The fourth-order valence-electron chi connectivity index (χ4n) is 13.4. The molecule has 1 aromatic rings. The number of nitrogens with zero attached hydrogens (tertiary/aromatic N) is 4. The Kier molecular flexibility index (Phi) is 28.8. The van der Waals surface area contributed by atoms with Crippen LogP contribution in [0.4, 0.5) is 0 Å². The van der Waals surface area contributed by atoms with E-state index in [0.717, 1.165) is 6.20 Å². The third-order valence-corrected chi connectivity index (χ3v) is 19.6. The molecule has 12 N–H and O–H groups in total. The number of nitrogens with two attached hydrogens (primary N) is 1. The third kappa shape index (κ3) is 20.5. The number of primary amides is 1. The number of fused-ring (bicyclic) bond motifs is 3. The maximum Gasteiger partial charge on any atom is 0.272 e. The summed E-state index contributed by atoms with van der Waals surface area (Å²) in [6.07, 6.45) is 2.82. The van der Waals surface area contributed by atoms with Gasteiger partial charge in [0.15, 0.2) is 0 Å². The van der Waals surface area contributed by atoms with Gasteiger partial charge in [0.05, 0.1) is 12.6 Å². The van der Waals surface area contributed by atoms with Crippen LogP contribution >= 0.6 is 0 Å². The van der Waals surface area contributed by atoms with Gasteiger partial charge in [0.1, 0.15) is 72.2 Å². The fraction of sp³-hybridized carbons (Fsp3) is 0.696. The zero-order chi connectivity index (χ0) is 71.7.